The van der Waals surface area contributed by atoms with Gasteiger partial charge in [-0.2, -0.15) is 0 Å². The van der Waals surface area contributed by atoms with Crippen LogP contribution in [0.2, 0.25) is 5.02 Å². The number of ketones is 1. The Morgan fingerprint density at radius 3 is 2.63 bits per heavy atom. The van der Waals surface area contributed by atoms with E-state index in [9.17, 15) is 9.18 Å². The average molecular weight is 474 g/mol. The van der Waals surface area contributed by atoms with Crippen LogP contribution in [0.4, 0.5) is 10.1 Å². The van der Waals surface area contributed by atoms with Crippen molar-refractivity contribution in [1.82, 2.24) is 0 Å². The van der Waals surface area contributed by atoms with E-state index in [1.807, 2.05) is 17.0 Å². The highest BCUT2D eigenvalue weighted by atomic mass is 79.9. The molecule has 27 heavy (non-hydrogen) atoms. The van der Waals surface area contributed by atoms with E-state index in [4.69, 9.17) is 16.3 Å². The third kappa shape index (κ3) is 5.46. The van der Waals surface area contributed by atoms with Gasteiger partial charge in [-0.25, -0.2) is 4.39 Å². The predicted octanol–water partition coefficient (Wildman–Crippen LogP) is 5.25. The number of benzene rings is 2. The molecule has 0 unspecified atom stereocenters. The van der Waals surface area contributed by atoms with Crippen LogP contribution in [0.25, 0.3) is 0 Å². The molecule has 2 aromatic carbocycles. The highest BCUT2D eigenvalue weighted by Gasteiger charge is 2.22. The smallest absolute Gasteiger partial charge is 0.185 e. The van der Waals surface area contributed by atoms with Gasteiger partial charge in [-0.05, 0) is 42.8 Å². The molecule has 0 bridgehead atoms. The van der Waals surface area contributed by atoms with Crippen molar-refractivity contribution >= 4 is 57.0 Å². The van der Waals surface area contributed by atoms with Gasteiger partial charge in [-0.3, -0.25) is 9.79 Å². The summed E-state index contributed by atoms with van der Waals surface area (Å²) >= 11 is 7.57. The van der Waals surface area contributed by atoms with E-state index in [-0.39, 0.29) is 34.9 Å². The van der Waals surface area contributed by atoms with E-state index < -0.39 is 5.82 Å². The van der Waals surface area contributed by atoms with Crippen molar-refractivity contribution in [3.05, 3.63) is 58.9 Å². The van der Waals surface area contributed by atoms with Crippen molar-refractivity contribution < 1.29 is 13.9 Å². The van der Waals surface area contributed by atoms with E-state index in [1.54, 1.807) is 30.0 Å². The minimum Gasteiger partial charge on any atom is -0.497 e. The average Bonchev–Trinajstić information content (AvgIpc) is 2.67. The minimum atomic E-state index is -0.594. The van der Waals surface area contributed by atoms with Crippen molar-refractivity contribution in [2.75, 3.05) is 30.9 Å². The number of anilines is 1. The molecule has 8 heteroatoms. The second-order valence-electron chi connectivity index (χ2n) is 5.70. The summed E-state index contributed by atoms with van der Waals surface area (Å²) < 4.78 is 19.3. The topological polar surface area (TPSA) is 41.9 Å². The van der Waals surface area contributed by atoms with Crippen molar-refractivity contribution in [3.63, 3.8) is 0 Å². The van der Waals surface area contributed by atoms with Crippen molar-refractivity contribution in [2.45, 2.75) is 6.42 Å². The zero-order valence-corrected chi connectivity index (χ0v) is 17.9. The lowest BCUT2D eigenvalue weighted by Gasteiger charge is -2.27. The van der Waals surface area contributed by atoms with Crippen LogP contribution >= 0.6 is 40.3 Å². The molecule has 0 aromatic heterocycles. The molecule has 3 rings (SSSR count). The van der Waals surface area contributed by atoms with Gasteiger partial charge in [-0.1, -0.05) is 23.4 Å². The van der Waals surface area contributed by atoms with Crippen LogP contribution in [0.1, 0.15) is 16.8 Å². The Hall–Kier alpha value is -1.57. The number of methoxy groups -OCH3 is 1. The van der Waals surface area contributed by atoms with Gasteiger partial charge in [-0.15, -0.1) is 17.0 Å². The van der Waals surface area contributed by atoms with Crippen molar-refractivity contribution in [1.29, 1.82) is 0 Å². The van der Waals surface area contributed by atoms with E-state index in [1.165, 1.54) is 19.2 Å². The van der Waals surface area contributed by atoms with Crippen LogP contribution in [-0.4, -0.2) is 36.9 Å². The number of carbonyl (C=O) groups excluding carboxylic acids is 1. The number of Topliss-reactive ketones (excluding diaryl/α,β-unsaturated/α-hetero) is 1. The van der Waals surface area contributed by atoms with E-state index >= 15 is 0 Å². The predicted molar refractivity (Wildman–Crippen MR) is 116 cm³/mol. The summed E-state index contributed by atoms with van der Waals surface area (Å²) in [6.07, 6.45) is 1.00. The van der Waals surface area contributed by atoms with Gasteiger partial charge in [0.15, 0.2) is 11.0 Å². The lowest BCUT2D eigenvalue weighted by molar-refractivity contribution is 0.0998. The molecule has 1 aliphatic heterocycles. The molecule has 144 valence electrons. The van der Waals surface area contributed by atoms with E-state index in [2.05, 4.69) is 4.99 Å². The summed E-state index contributed by atoms with van der Waals surface area (Å²) in [6.45, 7) is 0.716. The molecular weight excluding hydrogens is 455 g/mol. The number of hydrogen-bond donors (Lipinski definition) is 0. The zero-order valence-electron chi connectivity index (χ0n) is 14.7. The molecule has 4 nitrogen and oxygen atoms in total. The van der Waals surface area contributed by atoms with Crippen molar-refractivity contribution in [2.24, 2.45) is 4.99 Å². The molecule has 0 radical (unpaired) electrons. The largest absolute Gasteiger partial charge is 0.497 e. The molecule has 0 saturated carbocycles. The molecular formula is C19H19BrClFN2O2S. The van der Waals surface area contributed by atoms with Gasteiger partial charge in [0, 0.05) is 29.1 Å². The van der Waals surface area contributed by atoms with Gasteiger partial charge in [0.05, 0.1) is 19.2 Å². The quantitative estimate of drug-likeness (QED) is 0.556. The summed E-state index contributed by atoms with van der Waals surface area (Å²) in [5.41, 5.74) is 0.830. The van der Waals surface area contributed by atoms with Gasteiger partial charge in [0.1, 0.15) is 11.6 Å². The Balaban J connectivity index is 0.00000261. The fraction of sp³-hybridized carbons (Fsp3) is 0.263. The second kappa shape index (κ2) is 10.1. The summed E-state index contributed by atoms with van der Waals surface area (Å²) in [4.78, 5) is 19.1. The molecule has 0 fully saturated rings. The van der Waals surface area contributed by atoms with Crippen LogP contribution in [0, 0.1) is 5.82 Å². The first-order chi connectivity index (χ1) is 12.6. The third-order valence-corrected chi connectivity index (χ3v) is 5.28. The van der Waals surface area contributed by atoms with Crippen LogP contribution < -0.4 is 9.64 Å². The molecule has 0 N–H and O–H groups in total. The standard InChI is InChI=1S/C19H18ClFN2O2S.BrH/c1-25-15-7-8-16(17(21)11-15)18(24)12-23(19-22-9-2-10-26-19)14-5-3-13(20)4-6-14;/h3-8,11H,2,9-10,12H2,1H3;1H. The highest BCUT2D eigenvalue weighted by molar-refractivity contribution is 8.93. The zero-order chi connectivity index (χ0) is 18.5. The van der Waals surface area contributed by atoms with Gasteiger partial charge in [0.25, 0.3) is 0 Å². The maximum Gasteiger partial charge on any atom is 0.185 e. The summed E-state index contributed by atoms with van der Waals surface area (Å²) in [7, 11) is 1.46. The molecule has 0 saturated heterocycles. The monoisotopic (exact) mass is 472 g/mol. The maximum atomic E-state index is 14.3. The molecule has 1 heterocycles. The van der Waals surface area contributed by atoms with E-state index in [0.29, 0.717) is 10.8 Å². The Morgan fingerprint density at radius 2 is 2.04 bits per heavy atom. The van der Waals surface area contributed by atoms with Crippen molar-refractivity contribution in [3.8, 4) is 5.75 Å². The number of nitrogens with zero attached hydrogens (tertiary/aromatic N) is 2. The Bertz CT molecular complexity index is 833. The van der Waals surface area contributed by atoms with Gasteiger partial charge >= 0.3 is 0 Å². The first-order valence-electron chi connectivity index (χ1n) is 8.15. The normalized spacial score (nSPS) is 13.4. The third-order valence-electron chi connectivity index (χ3n) is 3.93. The Labute approximate surface area is 177 Å². The lowest BCUT2D eigenvalue weighted by Crippen LogP contribution is -2.35. The summed E-state index contributed by atoms with van der Waals surface area (Å²) in [5.74, 6) is 0.395. The van der Waals surface area contributed by atoms with E-state index in [0.717, 1.165) is 29.6 Å². The Kier molecular flexibility index (Phi) is 8.13. The second-order valence-corrected chi connectivity index (χ2v) is 7.20. The molecule has 0 amide bonds. The number of aliphatic imine (C=N–C) groups is 1. The number of thioether (sulfide) groups is 1. The molecule has 0 aliphatic carbocycles. The molecule has 0 atom stereocenters. The van der Waals surface area contributed by atoms with Crippen LogP contribution in [0.15, 0.2) is 47.5 Å². The summed E-state index contributed by atoms with van der Waals surface area (Å²) in [5, 5.41) is 1.38. The lowest BCUT2D eigenvalue weighted by atomic mass is 10.1. The van der Waals surface area contributed by atoms with Gasteiger partial charge in [0.2, 0.25) is 0 Å². The fourth-order valence-electron chi connectivity index (χ4n) is 2.58. The Morgan fingerprint density at radius 1 is 1.30 bits per heavy atom. The van der Waals surface area contributed by atoms with Crippen LogP contribution in [0.5, 0.6) is 5.75 Å². The van der Waals surface area contributed by atoms with Gasteiger partial charge < -0.3 is 9.64 Å². The number of hydrogen-bond acceptors (Lipinski definition) is 5. The molecule has 2 aromatic rings. The van der Waals surface area contributed by atoms with Crippen LogP contribution in [-0.2, 0) is 0 Å². The van der Waals surface area contributed by atoms with Crippen LogP contribution in [0.3, 0.4) is 0 Å². The maximum absolute atomic E-state index is 14.3. The highest BCUT2D eigenvalue weighted by Crippen LogP contribution is 2.25. The number of amidine groups is 1. The fourth-order valence-corrected chi connectivity index (χ4v) is 3.67. The first-order valence-corrected chi connectivity index (χ1v) is 9.52. The SMILES string of the molecule is Br.COc1ccc(C(=O)CN(C2=NCCCS2)c2ccc(Cl)cc2)c(F)c1. The minimum absolute atomic E-state index is 0. The number of ether oxygens (including phenoxy) is 1. The molecule has 1 aliphatic rings. The molecule has 0 spiro atoms. The number of rotatable bonds is 5. The first kappa shape index (κ1) is 21.7. The number of halogens is 3. The summed E-state index contributed by atoms with van der Waals surface area (Å²) in [6, 6.07) is 11.4. The number of carbonyl (C=O) groups is 1.